The Bertz CT molecular complexity index is 472. The Balaban J connectivity index is 3.15. The van der Waals surface area contributed by atoms with E-state index in [1.807, 2.05) is 6.92 Å². The maximum atomic E-state index is 9.89. The van der Waals surface area contributed by atoms with Gasteiger partial charge in [-0.25, -0.2) is 9.97 Å². The van der Waals surface area contributed by atoms with Crippen molar-refractivity contribution in [3.63, 3.8) is 0 Å². The van der Waals surface area contributed by atoms with E-state index in [0.29, 0.717) is 6.54 Å². The van der Waals surface area contributed by atoms with Gasteiger partial charge in [0.05, 0.1) is 5.60 Å². The Morgan fingerprint density at radius 2 is 1.52 bits per heavy atom. The van der Waals surface area contributed by atoms with Crippen LogP contribution in [-0.2, 0) is 5.41 Å². The predicted molar refractivity (Wildman–Crippen MR) is 89.0 cm³/mol. The Hall–Kier alpha value is -1.36. The summed E-state index contributed by atoms with van der Waals surface area (Å²) in [6.07, 6.45) is 1.04. The molecule has 5 heteroatoms. The number of nitrogens with one attached hydrogen (secondary N) is 2. The first-order chi connectivity index (χ1) is 9.54. The lowest BCUT2D eigenvalue weighted by Gasteiger charge is -2.23. The molecule has 120 valence electrons. The third kappa shape index (κ3) is 5.50. The molecular weight excluding hydrogens is 264 g/mol. The Morgan fingerprint density at radius 3 is 1.95 bits per heavy atom. The van der Waals surface area contributed by atoms with Crippen LogP contribution < -0.4 is 10.6 Å². The van der Waals surface area contributed by atoms with Crippen molar-refractivity contribution < 1.29 is 5.11 Å². The van der Waals surface area contributed by atoms with Crippen molar-refractivity contribution in [3.05, 3.63) is 11.4 Å². The van der Waals surface area contributed by atoms with Gasteiger partial charge in [0.1, 0.15) is 17.5 Å². The summed E-state index contributed by atoms with van der Waals surface area (Å²) in [5.74, 6) is 2.45. The summed E-state index contributed by atoms with van der Waals surface area (Å²) in [5, 5.41) is 16.5. The summed E-state index contributed by atoms with van der Waals surface area (Å²) >= 11 is 0. The van der Waals surface area contributed by atoms with Crippen LogP contribution in [0.3, 0.4) is 0 Å². The van der Waals surface area contributed by atoms with Gasteiger partial charge in [0.25, 0.3) is 0 Å². The molecule has 5 nitrogen and oxygen atoms in total. The highest BCUT2D eigenvalue weighted by Crippen LogP contribution is 2.26. The second-order valence-electron chi connectivity index (χ2n) is 7.21. The molecule has 0 saturated carbocycles. The number of nitrogens with zero attached hydrogens (tertiary/aromatic N) is 2. The minimum atomic E-state index is -0.781. The highest BCUT2D eigenvalue weighted by molar-refractivity contribution is 5.57. The SMILES string of the molecule is CCCNc1nc(C(C)(C)C)nc(NCC(C)(C)O)c1C. The molecule has 1 aromatic heterocycles. The van der Waals surface area contributed by atoms with Crippen molar-refractivity contribution in [2.75, 3.05) is 23.7 Å². The topological polar surface area (TPSA) is 70.1 Å². The van der Waals surface area contributed by atoms with Gasteiger partial charge < -0.3 is 15.7 Å². The van der Waals surface area contributed by atoms with Crippen LogP contribution in [0.5, 0.6) is 0 Å². The standard InChI is InChI=1S/C16H30N4O/c1-8-9-17-12-11(2)13(18-10-16(6,7)21)20-14(19-12)15(3,4)5/h21H,8-10H2,1-7H3,(H2,17,18,19,20). The smallest absolute Gasteiger partial charge is 0.138 e. The Morgan fingerprint density at radius 1 is 1.00 bits per heavy atom. The van der Waals surface area contributed by atoms with Crippen LogP contribution in [0.25, 0.3) is 0 Å². The minimum absolute atomic E-state index is 0.124. The molecule has 0 aliphatic heterocycles. The molecule has 0 bridgehead atoms. The highest BCUT2D eigenvalue weighted by atomic mass is 16.3. The molecule has 0 saturated heterocycles. The summed E-state index contributed by atoms with van der Waals surface area (Å²) in [5.41, 5.74) is 0.0818. The second kappa shape index (κ2) is 6.60. The number of aromatic nitrogens is 2. The molecule has 0 fully saturated rings. The zero-order valence-corrected chi connectivity index (χ0v) is 14.5. The third-order valence-corrected chi connectivity index (χ3v) is 3.05. The zero-order valence-electron chi connectivity index (χ0n) is 14.5. The van der Waals surface area contributed by atoms with Crippen molar-refractivity contribution in [1.82, 2.24) is 9.97 Å². The molecule has 0 amide bonds. The van der Waals surface area contributed by atoms with E-state index in [-0.39, 0.29) is 5.41 Å². The fraction of sp³-hybridized carbons (Fsp3) is 0.750. The van der Waals surface area contributed by atoms with Gasteiger partial charge in [0.15, 0.2) is 0 Å². The van der Waals surface area contributed by atoms with E-state index < -0.39 is 5.60 Å². The van der Waals surface area contributed by atoms with Crippen LogP contribution in [0, 0.1) is 6.92 Å². The predicted octanol–water partition coefficient (Wildman–Crippen LogP) is 3.09. The number of anilines is 2. The van der Waals surface area contributed by atoms with Gasteiger partial charge in [0, 0.05) is 24.1 Å². The molecule has 3 N–H and O–H groups in total. The molecule has 0 aliphatic rings. The lowest BCUT2D eigenvalue weighted by atomic mass is 9.95. The van der Waals surface area contributed by atoms with E-state index in [0.717, 1.165) is 36.0 Å². The van der Waals surface area contributed by atoms with Crippen molar-refractivity contribution in [1.29, 1.82) is 0 Å². The quantitative estimate of drug-likeness (QED) is 0.752. The average molecular weight is 294 g/mol. The van der Waals surface area contributed by atoms with Gasteiger partial charge in [-0.1, -0.05) is 27.7 Å². The maximum absolute atomic E-state index is 9.89. The van der Waals surface area contributed by atoms with Crippen molar-refractivity contribution in [3.8, 4) is 0 Å². The molecule has 1 rings (SSSR count). The first-order valence-electron chi connectivity index (χ1n) is 7.64. The molecule has 0 spiro atoms. The molecule has 21 heavy (non-hydrogen) atoms. The largest absolute Gasteiger partial charge is 0.389 e. The van der Waals surface area contributed by atoms with E-state index in [9.17, 15) is 5.11 Å². The van der Waals surface area contributed by atoms with E-state index in [2.05, 4.69) is 48.3 Å². The van der Waals surface area contributed by atoms with Crippen LogP contribution >= 0.6 is 0 Å². The fourth-order valence-corrected chi connectivity index (χ4v) is 1.74. The van der Waals surface area contributed by atoms with Crippen LogP contribution in [0.2, 0.25) is 0 Å². The molecule has 1 heterocycles. The number of rotatable bonds is 6. The molecule has 0 atom stereocenters. The number of hydrogen-bond donors (Lipinski definition) is 3. The van der Waals surface area contributed by atoms with Crippen molar-refractivity contribution in [2.24, 2.45) is 0 Å². The summed E-state index contributed by atoms with van der Waals surface area (Å²) < 4.78 is 0. The lowest BCUT2D eigenvalue weighted by Crippen LogP contribution is -2.30. The van der Waals surface area contributed by atoms with Gasteiger partial charge in [-0.3, -0.25) is 0 Å². The molecule has 1 aromatic rings. The van der Waals surface area contributed by atoms with E-state index in [4.69, 9.17) is 0 Å². The lowest BCUT2D eigenvalue weighted by molar-refractivity contribution is 0.0944. The van der Waals surface area contributed by atoms with Crippen LogP contribution in [0.1, 0.15) is 59.4 Å². The van der Waals surface area contributed by atoms with Crippen LogP contribution in [-0.4, -0.2) is 33.8 Å². The minimum Gasteiger partial charge on any atom is -0.389 e. The van der Waals surface area contributed by atoms with E-state index in [1.165, 1.54) is 0 Å². The molecule has 0 radical (unpaired) electrons. The normalized spacial score (nSPS) is 12.4. The average Bonchev–Trinajstić information content (AvgIpc) is 2.33. The summed E-state index contributed by atoms with van der Waals surface area (Å²) in [4.78, 5) is 9.30. The van der Waals surface area contributed by atoms with Crippen LogP contribution in [0.4, 0.5) is 11.6 Å². The number of hydrogen-bond acceptors (Lipinski definition) is 5. The second-order valence-corrected chi connectivity index (χ2v) is 7.21. The number of aliphatic hydroxyl groups is 1. The third-order valence-electron chi connectivity index (χ3n) is 3.05. The van der Waals surface area contributed by atoms with Crippen LogP contribution in [0.15, 0.2) is 0 Å². The van der Waals surface area contributed by atoms with Gasteiger partial charge in [-0.2, -0.15) is 0 Å². The summed E-state index contributed by atoms with van der Waals surface area (Å²) in [7, 11) is 0. The van der Waals surface area contributed by atoms with E-state index >= 15 is 0 Å². The zero-order chi connectivity index (χ0) is 16.3. The highest BCUT2D eigenvalue weighted by Gasteiger charge is 2.22. The monoisotopic (exact) mass is 294 g/mol. The Kier molecular flexibility index (Phi) is 5.56. The van der Waals surface area contributed by atoms with Gasteiger partial charge >= 0.3 is 0 Å². The first kappa shape index (κ1) is 17.7. The maximum Gasteiger partial charge on any atom is 0.138 e. The molecule has 0 aromatic carbocycles. The van der Waals surface area contributed by atoms with Gasteiger partial charge in [-0.15, -0.1) is 0 Å². The fourth-order valence-electron chi connectivity index (χ4n) is 1.74. The van der Waals surface area contributed by atoms with E-state index in [1.54, 1.807) is 13.8 Å². The summed E-state index contributed by atoms with van der Waals surface area (Å²) in [6, 6.07) is 0. The Labute approximate surface area is 128 Å². The summed E-state index contributed by atoms with van der Waals surface area (Å²) in [6.45, 7) is 15.3. The molecule has 0 aliphatic carbocycles. The van der Waals surface area contributed by atoms with Crippen molar-refractivity contribution >= 4 is 11.6 Å². The first-order valence-corrected chi connectivity index (χ1v) is 7.64. The van der Waals surface area contributed by atoms with Gasteiger partial charge in [0.2, 0.25) is 0 Å². The van der Waals surface area contributed by atoms with Crippen molar-refractivity contribution in [2.45, 2.75) is 65.9 Å². The molecular formula is C16H30N4O. The molecule has 0 unspecified atom stereocenters. The van der Waals surface area contributed by atoms with Gasteiger partial charge in [-0.05, 0) is 27.2 Å².